The molecule has 3 aromatic carbocycles. The van der Waals surface area contributed by atoms with Gasteiger partial charge in [-0.15, -0.1) is 0 Å². The molecular formula is C21H14N4O4. The van der Waals surface area contributed by atoms with E-state index in [0.717, 1.165) is 5.52 Å². The topological polar surface area (TPSA) is 125 Å². The van der Waals surface area contributed by atoms with Crippen molar-refractivity contribution in [1.29, 1.82) is 0 Å². The van der Waals surface area contributed by atoms with Crippen LogP contribution in [0.3, 0.4) is 0 Å². The van der Waals surface area contributed by atoms with E-state index in [4.69, 9.17) is 5.84 Å². The molecule has 5 N–H and O–H groups in total. The van der Waals surface area contributed by atoms with E-state index < -0.39 is 11.8 Å². The Morgan fingerprint density at radius 3 is 2.31 bits per heavy atom. The number of rotatable bonds is 0. The van der Waals surface area contributed by atoms with Gasteiger partial charge in [0.2, 0.25) is 0 Å². The van der Waals surface area contributed by atoms with E-state index >= 15 is 0 Å². The summed E-state index contributed by atoms with van der Waals surface area (Å²) in [6.07, 6.45) is 0. The molecule has 1 aliphatic heterocycles. The summed E-state index contributed by atoms with van der Waals surface area (Å²) in [5.41, 5.74) is 3.27. The van der Waals surface area contributed by atoms with Crippen molar-refractivity contribution in [2.75, 3.05) is 0 Å². The van der Waals surface area contributed by atoms with Crippen LogP contribution in [0.4, 0.5) is 0 Å². The average molecular weight is 386 g/mol. The van der Waals surface area contributed by atoms with Crippen LogP contribution in [0.25, 0.3) is 43.6 Å². The van der Waals surface area contributed by atoms with Gasteiger partial charge in [-0.25, -0.2) is 10.9 Å². The number of benzene rings is 3. The van der Waals surface area contributed by atoms with Gasteiger partial charge >= 0.3 is 0 Å². The minimum atomic E-state index is -0.583. The first-order valence-corrected chi connectivity index (χ1v) is 8.93. The number of imide groups is 1. The van der Waals surface area contributed by atoms with Crippen molar-refractivity contribution < 1.29 is 19.8 Å². The Kier molecular flexibility index (Phi) is 2.68. The SMILES string of the molecule is Cn1c2ccc(O)cc2c2c3c(c4c5ccc(O)cc5[nH]c4c21)C(=O)N(N)C3=O. The van der Waals surface area contributed by atoms with Crippen LogP contribution in [0.2, 0.25) is 0 Å². The number of amides is 2. The number of hydrogen-bond donors (Lipinski definition) is 4. The lowest BCUT2D eigenvalue weighted by atomic mass is 9.96. The van der Waals surface area contributed by atoms with E-state index in [1.807, 2.05) is 11.6 Å². The van der Waals surface area contributed by atoms with Crippen molar-refractivity contribution in [3.8, 4) is 11.5 Å². The van der Waals surface area contributed by atoms with Crippen molar-refractivity contribution >= 4 is 55.4 Å². The summed E-state index contributed by atoms with van der Waals surface area (Å²) in [6, 6.07) is 9.73. The van der Waals surface area contributed by atoms with Gasteiger partial charge in [0.1, 0.15) is 11.5 Å². The minimum Gasteiger partial charge on any atom is -0.508 e. The van der Waals surface area contributed by atoms with Crippen molar-refractivity contribution in [2.24, 2.45) is 12.9 Å². The summed E-state index contributed by atoms with van der Waals surface area (Å²) < 4.78 is 1.92. The number of aromatic nitrogens is 2. The third-order valence-corrected chi connectivity index (χ3v) is 5.82. The van der Waals surface area contributed by atoms with Crippen molar-refractivity contribution in [3.05, 3.63) is 47.5 Å². The number of hydrogen-bond acceptors (Lipinski definition) is 5. The lowest BCUT2D eigenvalue weighted by molar-refractivity contribution is 0.0655. The van der Waals surface area contributed by atoms with Crippen LogP contribution in [-0.4, -0.2) is 36.6 Å². The molecule has 2 amide bonds. The second-order valence-electron chi connectivity index (χ2n) is 7.32. The van der Waals surface area contributed by atoms with Gasteiger partial charge in [-0.2, -0.15) is 0 Å². The first-order valence-electron chi connectivity index (χ1n) is 8.93. The van der Waals surface area contributed by atoms with E-state index in [-0.39, 0.29) is 22.6 Å². The summed E-state index contributed by atoms with van der Waals surface area (Å²) in [5.74, 6) is 4.78. The quantitative estimate of drug-likeness (QED) is 0.185. The van der Waals surface area contributed by atoms with E-state index in [1.165, 1.54) is 6.07 Å². The fraction of sp³-hybridized carbons (Fsp3) is 0.0476. The number of aryl methyl sites for hydroxylation is 1. The first kappa shape index (κ1) is 16.0. The number of aromatic amines is 1. The molecule has 2 aromatic heterocycles. The Labute approximate surface area is 162 Å². The lowest BCUT2D eigenvalue weighted by Crippen LogP contribution is -2.36. The molecule has 0 atom stereocenters. The minimum absolute atomic E-state index is 0.0572. The normalized spacial score (nSPS) is 14.2. The number of phenolic OH excluding ortho intramolecular Hbond substituents is 2. The number of nitrogens with one attached hydrogen (secondary N) is 1. The van der Waals surface area contributed by atoms with Crippen molar-refractivity contribution in [2.45, 2.75) is 0 Å². The Hall–Kier alpha value is -4.04. The second kappa shape index (κ2) is 4.86. The molecule has 1 aliphatic rings. The Balaban J connectivity index is 2.02. The number of carbonyl (C=O) groups is 2. The number of carbonyl (C=O) groups excluding carboxylic acids is 2. The smallest absolute Gasteiger partial charge is 0.276 e. The molecular weight excluding hydrogens is 372 g/mol. The Morgan fingerprint density at radius 2 is 1.55 bits per heavy atom. The zero-order valence-corrected chi connectivity index (χ0v) is 15.1. The number of nitrogens with two attached hydrogens (primary N) is 1. The summed E-state index contributed by atoms with van der Waals surface area (Å²) in [6.45, 7) is 0. The van der Waals surface area contributed by atoms with Crippen molar-refractivity contribution in [3.63, 3.8) is 0 Å². The van der Waals surface area contributed by atoms with E-state index in [1.54, 1.807) is 30.3 Å². The maximum atomic E-state index is 13.0. The van der Waals surface area contributed by atoms with Crippen LogP contribution < -0.4 is 5.84 Å². The highest BCUT2D eigenvalue weighted by Crippen LogP contribution is 2.44. The number of nitrogens with zero attached hydrogens (tertiary/aromatic N) is 2. The predicted octanol–water partition coefficient (Wildman–Crippen LogP) is 2.85. The Bertz CT molecular complexity index is 1590. The molecule has 0 fully saturated rings. The molecule has 29 heavy (non-hydrogen) atoms. The van der Waals surface area contributed by atoms with Crippen LogP contribution in [0, 0.1) is 0 Å². The van der Waals surface area contributed by atoms with Gasteiger partial charge in [-0.05, 0) is 30.3 Å². The number of H-pyrrole nitrogens is 1. The zero-order valence-electron chi connectivity index (χ0n) is 15.1. The molecule has 0 saturated heterocycles. The summed E-state index contributed by atoms with van der Waals surface area (Å²) in [5, 5.41) is 23.1. The number of hydrazine groups is 1. The Morgan fingerprint density at radius 1 is 0.897 bits per heavy atom. The van der Waals surface area contributed by atoms with E-state index in [2.05, 4.69) is 4.98 Å². The predicted molar refractivity (Wildman–Crippen MR) is 108 cm³/mol. The molecule has 8 heteroatoms. The first-order chi connectivity index (χ1) is 13.9. The summed E-state index contributed by atoms with van der Waals surface area (Å²) >= 11 is 0. The molecule has 0 aliphatic carbocycles. The molecule has 0 unspecified atom stereocenters. The molecule has 0 bridgehead atoms. The molecule has 5 aromatic rings. The largest absolute Gasteiger partial charge is 0.508 e. The van der Waals surface area contributed by atoms with Crippen LogP contribution in [0.1, 0.15) is 20.7 Å². The van der Waals surface area contributed by atoms with E-state index in [9.17, 15) is 19.8 Å². The van der Waals surface area contributed by atoms with Gasteiger partial charge < -0.3 is 19.8 Å². The number of aromatic hydroxyl groups is 2. The molecule has 6 rings (SSSR count). The molecule has 0 saturated carbocycles. The fourth-order valence-electron chi connectivity index (χ4n) is 4.61. The van der Waals surface area contributed by atoms with Gasteiger partial charge in [-0.1, -0.05) is 0 Å². The van der Waals surface area contributed by atoms with Gasteiger partial charge in [-0.3, -0.25) is 9.59 Å². The maximum absolute atomic E-state index is 13.0. The van der Waals surface area contributed by atoms with Gasteiger partial charge in [0.25, 0.3) is 11.8 Å². The van der Waals surface area contributed by atoms with Gasteiger partial charge in [0, 0.05) is 40.2 Å². The lowest BCUT2D eigenvalue weighted by Gasteiger charge is -2.04. The number of fused-ring (bicyclic) bond motifs is 10. The standard InChI is InChI=1S/C21H14N4O4/c1-24-13-5-3-8(26)6-11(13)15-17-16(20(28)25(22)21(17)29)14-10-4-2-9(27)7-12(10)23-18(14)19(15)24/h2-7,23,26-27H,22H2,1H3. The van der Waals surface area contributed by atoms with E-state index in [0.29, 0.717) is 43.1 Å². The van der Waals surface area contributed by atoms with Gasteiger partial charge in [0.15, 0.2) is 0 Å². The van der Waals surface area contributed by atoms with Crippen LogP contribution >= 0.6 is 0 Å². The highest BCUT2D eigenvalue weighted by molar-refractivity contribution is 6.39. The highest BCUT2D eigenvalue weighted by Gasteiger charge is 2.40. The summed E-state index contributed by atoms with van der Waals surface area (Å²) in [7, 11) is 1.86. The third kappa shape index (κ3) is 1.72. The van der Waals surface area contributed by atoms with Gasteiger partial charge in [0.05, 0.1) is 27.7 Å². The molecule has 0 radical (unpaired) electrons. The van der Waals surface area contributed by atoms with Crippen molar-refractivity contribution in [1.82, 2.24) is 14.6 Å². The molecule has 0 spiro atoms. The molecule has 142 valence electrons. The van der Waals surface area contributed by atoms with Crippen LogP contribution in [0.15, 0.2) is 36.4 Å². The fourth-order valence-corrected chi connectivity index (χ4v) is 4.61. The average Bonchev–Trinajstić information content (AvgIpc) is 3.27. The third-order valence-electron chi connectivity index (χ3n) is 5.82. The van der Waals surface area contributed by atoms with Crippen LogP contribution in [0.5, 0.6) is 11.5 Å². The second-order valence-corrected chi connectivity index (χ2v) is 7.32. The molecule has 8 nitrogen and oxygen atoms in total. The zero-order chi connectivity index (χ0) is 20.2. The maximum Gasteiger partial charge on any atom is 0.276 e. The highest BCUT2D eigenvalue weighted by atomic mass is 16.3. The summed E-state index contributed by atoms with van der Waals surface area (Å²) in [4.78, 5) is 29.2. The molecule has 3 heterocycles. The monoisotopic (exact) mass is 386 g/mol. The van der Waals surface area contributed by atoms with Crippen LogP contribution in [-0.2, 0) is 7.05 Å². The number of phenols is 2.